The van der Waals surface area contributed by atoms with E-state index in [9.17, 15) is 0 Å². The molecule has 0 aromatic rings. The molecule has 1 nitrogen and oxygen atoms in total. The van der Waals surface area contributed by atoms with Crippen molar-refractivity contribution in [1.29, 1.82) is 0 Å². The fourth-order valence-electron chi connectivity index (χ4n) is 1.16. The molecule has 0 atom stereocenters. The van der Waals surface area contributed by atoms with Gasteiger partial charge in [0.15, 0.2) is 0 Å². The first-order valence-electron chi connectivity index (χ1n) is 5.12. The molecular formula is C8H23NSi2. The van der Waals surface area contributed by atoms with E-state index in [4.69, 9.17) is 0 Å². The molecule has 0 heterocycles. The minimum Gasteiger partial charge on any atom is -0.320 e. The van der Waals surface area contributed by atoms with E-state index < -0.39 is 0 Å². The average molecular weight is 189 g/mol. The van der Waals surface area contributed by atoms with Crippen LogP contribution in [0.5, 0.6) is 0 Å². The first-order chi connectivity index (χ1) is 5.41. The van der Waals surface area contributed by atoms with E-state index in [-0.39, 0.29) is 9.52 Å². The highest BCUT2D eigenvalue weighted by atomic mass is 28.2. The molecule has 0 saturated carbocycles. The summed E-state index contributed by atoms with van der Waals surface area (Å²) >= 11 is 0. The smallest absolute Gasteiger partial charge is 0.0365 e. The molecule has 0 aliphatic carbocycles. The molecule has 0 aliphatic heterocycles. The lowest BCUT2D eigenvalue weighted by atomic mass is 10.5. The third-order valence-corrected chi connectivity index (χ3v) is 4.80. The Kier molecular flexibility index (Phi) is 10.8. The largest absolute Gasteiger partial charge is 0.320 e. The average Bonchev–Trinajstić information content (AvgIpc) is 2.03. The van der Waals surface area contributed by atoms with Gasteiger partial charge in [-0.2, -0.15) is 0 Å². The molecule has 0 unspecified atom stereocenters. The van der Waals surface area contributed by atoms with E-state index in [2.05, 4.69) is 18.8 Å². The van der Waals surface area contributed by atoms with Crippen molar-refractivity contribution in [3.8, 4) is 0 Å². The second kappa shape index (κ2) is 10.4. The van der Waals surface area contributed by atoms with Gasteiger partial charge in [0.1, 0.15) is 0 Å². The van der Waals surface area contributed by atoms with E-state index >= 15 is 0 Å². The Hall–Kier alpha value is 0.394. The molecule has 3 heteroatoms. The van der Waals surface area contributed by atoms with Crippen molar-refractivity contribution in [1.82, 2.24) is 5.32 Å². The number of rotatable bonds is 8. The van der Waals surface area contributed by atoms with Crippen LogP contribution in [0.4, 0.5) is 0 Å². The van der Waals surface area contributed by atoms with Crippen LogP contribution in [0, 0.1) is 0 Å². The van der Waals surface area contributed by atoms with Crippen LogP contribution in [-0.2, 0) is 0 Å². The number of hydrogen-bond acceptors (Lipinski definition) is 1. The summed E-state index contributed by atoms with van der Waals surface area (Å²) in [6.07, 6.45) is 4.21. The highest BCUT2D eigenvalue weighted by Gasteiger charge is 1.88. The fourth-order valence-corrected chi connectivity index (χ4v) is 4.17. The molecule has 11 heavy (non-hydrogen) atoms. The SMILES string of the molecule is CCCNC[SiH2]CCC[SiH2]C. The molecule has 0 amide bonds. The third kappa shape index (κ3) is 10.4. The lowest BCUT2D eigenvalue weighted by Crippen LogP contribution is -2.20. The minimum atomic E-state index is 0.282. The lowest BCUT2D eigenvalue weighted by Gasteiger charge is -2.00. The predicted octanol–water partition coefficient (Wildman–Crippen LogP) is 0.556. The maximum atomic E-state index is 3.49. The van der Waals surface area contributed by atoms with Gasteiger partial charge in [0.25, 0.3) is 0 Å². The van der Waals surface area contributed by atoms with Gasteiger partial charge in [-0.3, -0.25) is 0 Å². The zero-order valence-corrected chi connectivity index (χ0v) is 11.0. The van der Waals surface area contributed by atoms with Crippen LogP contribution < -0.4 is 5.32 Å². The van der Waals surface area contributed by atoms with Crippen LogP contribution in [-0.4, -0.2) is 31.8 Å². The van der Waals surface area contributed by atoms with Gasteiger partial charge >= 0.3 is 0 Å². The molecular weight excluding hydrogens is 166 g/mol. The normalized spacial score (nSPS) is 12.5. The maximum absolute atomic E-state index is 3.49. The monoisotopic (exact) mass is 189 g/mol. The van der Waals surface area contributed by atoms with E-state index in [0.717, 1.165) is 0 Å². The highest BCUT2D eigenvalue weighted by Crippen LogP contribution is 1.93. The van der Waals surface area contributed by atoms with E-state index in [1.165, 1.54) is 19.1 Å². The zero-order valence-electron chi connectivity index (χ0n) is 8.16. The summed E-state index contributed by atoms with van der Waals surface area (Å²) in [5, 5.41) is 3.49. The van der Waals surface area contributed by atoms with Crippen LogP contribution in [0.15, 0.2) is 0 Å². The van der Waals surface area contributed by atoms with Crippen LogP contribution >= 0.6 is 0 Å². The highest BCUT2D eigenvalue weighted by molar-refractivity contribution is 6.36. The molecule has 0 spiro atoms. The zero-order chi connectivity index (χ0) is 8.36. The maximum Gasteiger partial charge on any atom is 0.0365 e. The second-order valence-corrected chi connectivity index (χ2v) is 6.79. The Balaban J connectivity index is 2.69. The topological polar surface area (TPSA) is 12.0 Å². The minimum absolute atomic E-state index is 0.282. The van der Waals surface area contributed by atoms with E-state index in [1.54, 1.807) is 18.5 Å². The molecule has 1 N–H and O–H groups in total. The van der Waals surface area contributed by atoms with Crippen LogP contribution in [0.25, 0.3) is 0 Å². The Bertz CT molecular complexity index is 61.1. The summed E-state index contributed by atoms with van der Waals surface area (Å²) in [4.78, 5) is 0. The molecule has 0 aromatic heterocycles. The standard InChI is InChI=1S/C8H23NSi2/c1-3-5-9-8-11-7-4-6-10-2/h9H,3-8,10-11H2,1-2H3. The van der Waals surface area contributed by atoms with Crippen molar-refractivity contribution in [2.24, 2.45) is 0 Å². The van der Waals surface area contributed by atoms with Crippen molar-refractivity contribution in [2.45, 2.75) is 38.4 Å². The summed E-state index contributed by atoms with van der Waals surface area (Å²) in [6, 6.07) is 3.17. The molecule has 0 saturated heterocycles. The van der Waals surface area contributed by atoms with E-state index in [1.807, 2.05) is 0 Å². The molecule has 68 valence electrons. The summed E-state index contributed by atoms with van der Waals surface area (Å²) in [6.45, 7) is 5.88. The molecule has 0 fully saturated rings. The Labute approximate surface area is 76.0 Å². The summed E-state index contributed by atoms with van der Waals surface area (Å²) in [7, 11) is 0.654. The van der Waals surface area contributed by atoms with Gasteiger partial charge in [-0.05, 0) is 19.1 Å². The van der Waals surface area contributed by atoms with Crippen molar-refractivity contribution >= 4 is 19.0 Å². The van der Waals surface area contributed by atoms with Gasteiger partial charge in [0.2, 0.25) is 0 Å². The Morgan fingerprint density at radius 3 is 2.73 bits per heavy atom. The van der Waals surface area contributed by atoms with Gasteiger partial charge in [0, 0.05) is 19.0 Å². The molecule has 0 aromatic carbocycles. The second-order valence-electron chi connectivity index (χ2n) is 3.16. The number of nitrogens with one attached hydrogen (secondary N) is 1. The predicted molar refractivity (Wildman–Crippen MR) is 60.3 cm³/mol. The Morgan fingerprint density at radius 1 is 1.27 bits per heavy atom. The third-order valence-electron chi connectivity index (χ3n) is 1.88. The van der Waals surface area contributed by atoms with Gasteiger partial charge < -0.3 is 5.32 Å². The van der Waals surface area contributed by atoms with Gasteiger partial charge in [-0.15, -0.1) is 0 Å². The number of hydrogen-bond donors (Lipinski definition) is 1. The first-order valence-corrected chi connectivity index (χ1v) is 9.54. The lowest BCUT2D eigenvalue weighted by molar-refractivity contribution is 0.747. The van der Waals surface area contributed by atoms with Crippen molar-refractivity contribution in [3.05, 3.63) is 0 Å². The van der Waals surface area contributed by atoms with Gasteiger partial charge in [0.05, 0.1) is 0 Å². The van der Waals surface area contributed by atoms with Crippen LogP contribution in [0.1, 0.15) is 19.8 Å². The summed E-state index contributed by atoms with van der Waals surface area (Å²) < 4.78 is 0. The molecule has 0 bridgehead atoms. The quantitative estimate of drug-likeness (QED) is 0.435. The van der Waals surface area contributed by atoms with Crippen LogP contribution in [0.3, 0.4) is 0 Å². The molecule has 0 rings (SSSR count). The summed E-state index contributed by atoms with van der Waals surface area (Å²) in [5.41, 5.74) is 0. The summed E-state index contributed by atoms with van der Waals surface area (Å²) in [5.74, 6) is 0. The fraction of sp³-hybridized carbons (Fsp3) is 1.00. The Morgan fingerprint density at radius 2 is 2.09 bits per heavy atom. The van der Waals surface area contributed by atoms with Crippen molar-refractivity contribution < 1.29 is 0 Å². The van der Waals surface area contributed by atoms with E-state index in [0.29, 0.717) is 9.52 Å². The van der Waals surface area contributed by atoms with Crippen molar-refractivity contribution in [2.75, 3.05) is 12.7 Å². The van der Waals surface area contributed by atoms with Gasteiger partial charge in [-0.25, -0.2) is 0 Å². The van der Waals surface area contributed by atoms with Crippen LogP contribution in [0.2, 0.25) is 18.6 Å². The van der Waals surface area contributed by atoms with Gasteiger partial charge in [-0.1, -0.05) is 32.0 Å². The molecule has 0 aliphatic rings. The van der Waals surface area contributed by atoms with Crippen molar-refractivity contribution in [3.63, 3.8) is 0 Å². The first kappa shape index (κ1) is 11.4. The molecule has 0 radical (unpaired) electrons.